The lowest BCUT2D eigenvalue weighted by Crippen LogP contribution is -2.27. The molecule has 0 unspecified atom stereocenters. The fourth-order valence-electron chi connectivity index (χ4n) is 3.16. The molecule has 0 aliphatic carbocycles. The minimum Gasteiger partial charge on any atom is -0.443 e. The molecule has 0 aliphatic heterocycles. The quantitative estimate of drug-likeness (QED) is 0.602. The second-order valence-corrected chi connectivity index (χ2v) is 7.99. The number of likely N-dealkylation sites (N-methyl/N-ethyl adjacent to an activating group) is 1. The Kier molecular flexibility index (Phi) is 5.66. The molecule has 0 saturated heterocycles. The van der Waals surface area contributed by atoms with Crippen LogP contribution in [0.1, 0.15) is 36.7 Å². The van der Waals surface area contributed by atoms with Crippen molar-refractivity contribution in [2.75, 3.05) is 13.6 Å². The van der Waals surface area contributed by atoms with Gasteiger partial charge in [-0.3, -0.25) is 14.3 Å². The SMILES string of the molecule is CN(CC(=O)c1cccc2c1ccn2C(=O)OC(C)(C)C)Cc1ccccc1. The largest absolute Gasteiger partial charge is 0.443 e. The summed E-state index contributed by atoms with van der Waals surface area (Å²) < 4.78 is 6.90. The molecule has 0 N–H and O–H groups in total. The van der Waals surface area contributed by atoms with Gasteiger partial charge in [-0.2, -0.15) is 0 Å². The fraction of sp³-hybridized carbons (Fsp3) is 0.304. The smallest absolute Gasteiger partial charge is 0.418 e. The molecule has 0 bridgehead atoms. The number of carbonyl (C=O) groups excluding carboxylic acids is 2. The van der Waals surface area contributed by atoms with E-state index in [9.17, 15) is 9.59 Å². The van der Waals surface area contributed by atoms with Gasteiger partial charge in [0.2, 0.25) is 0 Å². The van der Waals surface area contributed by atoms with E-state index in [-0.39, 0.29) is 5.78 Å². The number of hydrogen-bond acceptors (Lipinski definition) is 4. The molecule has 5 heteroatoms. The molecule has 0 atom stereocenters. The van der Waals surface area contributed by atoms with Gasteiger partial charge in [-0.05, 0) is 45.5 Å². The summed E-state index contributed by atoms with van der Waals surface area (Å²) >= 11 is 0. The zero-order chi connectivity index (χ0) is 20.3. The molecule has 0 amide bonds. The number of Topliss-reactive ketones (excluding diaryl/α,β-unsaturated/α-hetero) is 1. The van der Waals surface area contributed by atoms with Crippen molar-refractivity contribution in [3.63, 3.8) is 0 Å². The van der Waals surface area contributed by atoms with E-state index in [4.69, 9.17) is 4.74 Å². The predicted octanol–water partition coefficient (Wildman–Crippen LogP) is 4.74. The first-order chi connectivity index (χ1) is 13.2. The van der Waals surface area contributed by atoms with E-state index in [0.29, 0.717) is 24.2 Å². The van der Waals surface area contributed by atoms with Crippen molar-refractivity contribution in [3.05, 3.63) is 71.9 Å². The second-order valence-electron chi connectivity index (χ2n) is 7.99. The number of carbonyl (C=O) groups is 2. The lowest BCUT2D eigenvalue weighted by molar-refractivity contribution is 0.0544. The summed E-state index contributed by atoms with van der Waals surface area (Å²) in [4.78, 5) is 27.3. The topological polar surface area (TPSA) is 51.5 Å². The van der Waals surface area contributed by atoms with Crippen molar-refractivity contribution in [2.45, 2.75) is 32.9 Å². The standard InChI is InChI=1S/C23H26N2O3/c1-23(2,3)28-22(27)25-14-13-18-19(11-8-12-20(18)25)21(26)16-24(4)15-17-9-6-5-7-10-17/h5-14H,15-16H2,1-4H3. The van der Waals surface area contributed by atoms with Crippen LogP contribution in [-0.2, 0) is 11.3 Å². The van der Waals surface area contributed by atoms with Crippen LogP contribution in [0, 0.1) is 0 Å². The number of fused-ring (bicyclic) bond motifs is 1. The predicted molar refractivity (Wildman–Crippen MR) is 111 cm³/mol. The number of rotatable bonds is 5. The van der Waals surface area contributed by atoms with E-state index < -0.39 is 11.7 Å². The molecule has 28 heavy (non-hydrogen) atoms. The summed E-state index contributed by atoms with van der Waals surface area (Å²) in [7, 11) is 1.93. The van der Waals surface area contributed by atoms with Crippen LogP contribution in [0.2, 0.25) is 0 Å². The number of aromatic nitrogens is 1. The molecule has 1 aromatic heterocycles. The zero-order valence-corrected chi connectivity index (χ0v) is 16.8. The lowest BCUT2D eigenvalue weighted by Gasteiger charge is -2.20. The normalized spacial score (nSPS) is 11.8. The van der Waals surface area contributed by atoms with Gasteiger partial charge in [-0.15, -0.1) is 0 Å². The molecule has 0 aliphatic rings. The Morgan fingerprint density at radius 2 is 1.71 bits per heavy atom. The Bertz CT molecular complexity index is 984. The maximum atomic E-state index is 12.9. The number of ether oxygens (including phenoxy) is 1. The molecule has 3 aromatic rings. The Morgan fingerprint density at radius 3 is 2.39 bits per heavy atom. The van der Waals surface area contributed by atoms with Crippen LogP contribution in [0.25, 0.3) is 10.9 Å². The first-order valence-corrected chi connectivity index (χ1v) is 9.34. The highest BCUT2D eigenvalue weighted by molar-refractivity contribution is 6.09. The molecule has 0 radical (unpaired) electrons. The Labute approximate surface area is 165 Å². The zero-order valence-electron chi connectivity index (χ0n) is 16.8. The number of ketones is 1. The van der Waals surface area contributed by atoms with Gasteiger partial charge in [-0.25, -0.2) is 4.79 Å². The third-order valence-corrected chi connectivity index (χ3v) is 4.33. The van der Waals surface area contributed by atoms with Gasteiger partial charge in [0, 0.05) is 23.7 Å². The van der Waals surface area contributed by atoms with E-state index in [0.717, 1.165) is 10.9 Å². The van der Waals surface area contributed by atoms with Crippen molar-refractivity contribution in [1.82, 2.24) is 9.47 Å². The highest BCUT2D eigenvalue weighted by Crippen LogP contribution is 2.22. The highest BCUT2D eigenvalue weighted by atomic mass is 16.6. The van der Waals surface area contributed by atoms with Gasteiger partial charge in [0.15, 0.2) is 5.78 Å². The third-order valence-electron chi connectivity index (χ3n) is 4.33. The third kappa shape index (κ3) is 4.67. The Morgan fingerprint density at radius 1 is 1.00 bits per heavy atom. The first-order valence-electron chi connectivity index (χ1n) is 9.34. The van der Waals surface area contributed by atoms with Crippen LogP contribution in [-0.4, -0.2) is 40.5 Å². The molecule has 1 heterocycles. The summed E-state index contributed by atoms with van der Waals surface area (Å²) in [5, 5.41) is 0.756. The lowest BCUT2D eigenvalue weighted by atomic mass is 10.1. The van der Waals surface area contributed by atoms with E-state index in [2.05, 4.69) is 0 Å². The summed E-state index contributed by atoms with van der Waals surface area (Å²) in [5.41, 5.74) is 1.86. The summed E-state index contributed by atoms with van der Waals surface area (Å²) in [6.45, 7) is 6.48. The van der Waals surface area contributed by atoms with Crippen LogP contribution in [0.4, 0.5) is 4.79 Å². The summed E-state index contributed by atoms with van der Waals surface area (Å²) in [6, 6.07) is 17.3. The minimum atomic E-state index is -0.582. The number of nitrogens with zero attached hydrogens (tertiary/aromatic N) is 2. The van der Waals surface area contributed by atoms with Gasteiger partial charge < -0.3 is 4.74 Å². The molecule has 146 valence electrons. The minimum absolute atomic E-state index is 0.0194. The summed E-state index contributed by atoms with van der Waals surface area (Å²) in [6.07, 6.45) is 1.21. The highest BCUT2D eigenvalue weighted by Gasteiger charge is 2.21. The molecule has 2 aromatic carbocycles. The number of hydrogen-bond donors (Lipinski definition) is 0. The molecule has 3 rings (SSSR count). The fourth-order valence-corrected chi connectivity index (χ4v) is 3.16. The van der Waals surface area contributed by atoms with Crippen LogP contribution in [0.5, 0.6) is 0 Å². The average Bonchev–Trinajstić information content (AvgIpc) is 3.05. The molecular weight excluding hydrogens is 352 g/mol. The first kappa shape index (κ1) is 19.8. The van der Waals surface area contributed by atoms with Gasteiger partial charge in [-0.1, -0.05) is 42.5 Å². The van der Waals surface area contributed by atoms with Gasteiger partial charge in [0.05, 0.1) is 12.1 Å². The maximum absolute atomic E-state index is 12.9. The van der Waals surface area contributed by atoms with Crippen LogP contribution in [0.3, 0.4) is 0 Å². The van der Waals surface area contributed by atoms with Crippen molar-refractivity contribution < 1.29 is 14.3 Å². The molecular formula is C23H26N2O3. The number of benzene rings is 2. The van der Waals surface area contributed by atoms with Crippen molar-refractivity contribution in [1.29, 1.82) is 0 Å². The van der Waals surface area contributed by atoms with E-state index >= 15 is 0 Å². The van der Waals surface area contributed by atoms with Gasteiger partial charge in [0.1, 0.15) is 5.60 Å². The van der Waals surface area contributed by atoms with Crippen molar-refractivity contribution >= 4 is 22.8 Å². The summed E-state index contributed by atoms with van der Waals surface area (Å²) in [5.74, 6) is 0.0194. The average molecular weight is 378 g/mol. The second kappa shape index (κ2) is 7.98. The molecule has 0 saturated carbocycles. The van der Waals surface area contributed by atoms with E-state index in [1.54, 1.807) is 24.4 Å². The Balaban J connectivity index is 1.79. The van der Waals surface area contributed by atoms with Crippen LogP contribution < -0.4 is 0 Å². The van der Waals surface area contributed by atoms with E-state index in [1.165, 1.54) is 4.57 Å². The molecule has 5 nitrogen and oxygen atoms in total. The molecule has 0 fully saturated rings. The molecule has 0 spiro atoms. The Hall–Kier alpha value is -2.92. The van der Waals surface area contributed by atoms with Gasteiger partial charge >= 0.3 is 6.09 Å². The maximum Gasteiger partial charge on any atom is 0.418 e. The van der Waals surface area contributed by atoms with Crippen molar-refractivity contribution in [3.8, 4) is 0 Å². The monoisotopic (exact) mass is 378 g/mol. The van der Waals surface area contributed by atoms with Crippen LogP contribution in [0.15, 0.2) is 60.8 Å². The van der Waals surface area contributed by atoms with E-state index in [1.807, 2.05) is 69.1 Å². The van der Waals surface area contributed by atoms with Gasteiger partial charge in [0.25, 0.3) is 0 Å². The van der Waals surface area contributed by atoms with Crippen molar-refractivity contribution in [2.24, 2.45) is 0 Å². The van der Waals surface area contributed by atoms with Crippen LogP contribution >= 0.6 is 0 Å².